The number of aromatic amines is 1. The number of hydrogen-bond acceptors (Lipinski definition) is 3. The average molecular weight is 226 g/mol. The van der Waals surface area contributed by atoms with Gasteiger partial charge in [-0.25, -0.2) is 0 Å². The van der Waals surface area contributed by atoms with Gasteiger partial charge in [0, 0.05) is 6.20 Å². The zero-order valence-corrected chi connectivity index (χ0v) is 9.52. The van der Waals surface area contributed by atoms with E-state index >= 15 is 0 Å². The second-order valence-corrected chi connectivity index (χ2v) is 3.93. The Balaban J connectivity index is 2.79. The van der Waals surface area contributed by atoms with Gasteiger partial charge in [0.1, 0.15) is 0 Å². The zero-order valence-electron chi connectivity index (χ0n) is 8.70. The van der Waals surface area contributed by atoms with Gasteiger partial charge in [-0.05, 0) is 13.3 Å². The zero-order chi connectivity index (χ0) is 11.5. The molecule has 1 aromatic heterocycles. The molecule has 1 amide bonds. The van der Waals surface area contributed by atoms with Crippen molar-refractivity contribution in [2.75, 3.05) is 5.32 Å². The first kappa shape index (κ1) is 11.6. The summed E-state index contributed by atoms with van der Waals surface area (Å²) in [6.07, 6.45) is 3.67. The molecule has 15 heavy (non-hydrogen) atoms. The lowest BCUT2D eigenvalue weighted by molar-refractivity contribution is -0.121. The highest BCUT2D eigenvalue weighted by Crippen LogP contribution is 2.23. The molecular weight excluding hydrogens is 212 g/mol. The molecule has 1 aromatic rings. The van der Waals surface area contributed by atoms with Crippen LogP contribution in [0, 0.1) is 5.41 Å². The number of anilines is 1. The van der Waals surface area contributed by atoms with Gasteiger partial charge >= 0.3 is 0 Å². The molecule has 1 rings (SSSR count). The number of amides is 1. The molecule has 0 bridgehead atoms. The average Bonchev–Trinajstić information content (AvgIpc) is 2.68. The van der Waals surface area contributed by atoms with Crippen LogP contribution in [0.25, 0.3) is 0 Å². The Kier molecular flexibility index (Phi) is 3.41. The highest BCUT2D eigenvalue weighted by atomic mass is 32.1. The van der Waals surface area contributed by atoms with Crippen molar-refractivity contribution in [2.45, 2.75) is 20.3 Å². The molecule has 0 fully saturated rings. The second kappa shape index (κ2) is 4.39. The smallest absolute Gasteiger partial charge is 0.237 e. The lowest BCUT2D eigenvalue weighted by Crippen LogP contribution is -2.43. The number of carbonyl (C=O) groups excluding carboxylic acids is 1. The fraction of sp³-hybridized carbons (Fsp3) is 0.444. The standard InChI is InChI=1S/C9H14N4OS/c1-3-9(2,7(10)15)8(14)13-6-4-11-12-5-6/h4-5H,3H2,1-2H3,(H2,10,15)(H,11,12)(H,13,14). The molecule has 0 saturated heterocycles. The summed E-state index contributed by atoms with van der Waals surface area (Å²) in [6, 6.07) is 0. The van der Waals surface area contributed by atoms with Crippen molar-refractivity contribution in [3.8, 4) is 0 Å². The molecule has 0 radical (unpaired) electrons. The van der Waals surface area contributed by atoms with Gasteiger partial charge in [-0.15, -0.1) is 0 Å². The van der Waals surface area contributed by atoms with Gasteiger partial charge in [0.15, 0.2) is 0 Å². The minimum absolute atomic E-state index is 0.200. The van der Waals surface area contributed by atoms with Crippen molar-refractivity contribution in [2.24, 2.45) is 11.1 Å². The van der Waals surface area contributed by atoms with Crippen LogP contribution in [0.5, 0.6) is 0 Å². The Morgan fingerprint density at radius 3 is 2.87 bits per heavy atom. The van der Waals surface area contributed by atoms with Crippen LogP contribution in [0.15, 0.2) is 12.4 Å². The summed E-state index contributed by atoms with van der Waals surface area (Å²) in [5.74, 6) is -0.209. The maximum absolute atomic E-state index is 11.9. The quantitative estimate of drug-likeness (QED) is 0.670. The number of H-pyrrole nitrogens is 1. The van der Waals surface area contributed by atoms with Crippen LogP contribution >= 0.6 is 12.2 Å². The van der Waals surface area contributed by atoms with Crippen LogP contribution in [0.1, 0.15) is 20.3 Å². The van der Waals surface area contributed by atoms with E-state index < -0.39 is 5.41 Å². The van der Waals surface area contributed by atoms with Crippen LogP contribution in [-0.2, 0) is 4.79 Å². The van der Waals surface area contributed by atoms with Crippen LogP contribution in [0.2, 0.25) is 0 Å². The van der Waals surface area contributed by atoms with E-state index in [0.717, 1.165) is 0 Å². The molecule has 0 aliphatic carbocycles. The number of nitrogens with two attached hydrogens (primary N) is 1. The van der Waals surface area contributed by atoms with E-state index in [0.29, 0.717) is 12.1 Å². The maximum Gasteiger partial charge on any atom is 0.237 e. The van der Waals surface area contributed by atoms with Crippen LogP contribution < -0.4 is 11.1 Å². The van der Waals surface area contributed by atoms with E-state index in [1.807, 2.05) is 6.92 Å². The number of hydrogen-bond donors (Lipinski definition) is 3. The summed E-state index contributed by atoms with van der Waals surface area (Å²) in [4.78, 5) is 12.1. The first-order chi connectivity index (χ1) is 7.00. The van der Waals surface area contributed by atoms with Gasteiger partial charge in [0.25, 0.3) is 0 Å². The summed E-state index contributed by atoms with van der Waals surface area (Å²) in [6.45, 7) is 3.60. The fourth-order valence-electron chi connectivity index (χ4n) is 1.03. The molecular formula is C9H14N4OS. The van der Waals surface area contributed by atoms with Gasteiger partial charge in [-0.2, -0.15) is 5.10 Å². The van der Waals surface area contributed by atoms with Gasteiger partial charge in [-0.3, -0.25) is 9.89 Å². The molecule has 1 atom stereocenters. The molecule has 0 saturated carbocycles. The normalized spacial score (nSPS) is 14.3. The number of rotatable bonds is 4. The van der Waals surface area contributed by atoms with E-state index in [1.165, 1.54) is 6.20 Å². The van der Waals surface area contributed by atoms with Gasteiger partial charge in [0.05, 0.1) is 22.3 Å². The Hall–Kier alpha value is -1.43. The summed E-state index contributed by atoms with van der Waals surface area (Å²) in [5, 5.41) is 9.02. The number of carbonyl (C=O) groups is 1. The topological polar surface area (TPSA) is 83.8 Å². The van der Waals surface area contributed by atoms with Crippen molar-refractivity contribution in [1.29, 1.82) is 0 Å². The van der Waals surface area contributed by atoms with E-state index in [1.54, 1.807) is 13.1 Å². The van der Waals surface area contributed by atoms with E-state index in [4.69, 9.17) is 18.0 Å². The highest BCUT2D eigenvalue weighted by Gasteiger charge is 2.34. The van der Waals surface area contributed by atoms with Crippen molar-refractivity contribution in [3.05, 3.63) is 12.4 Å². The van der Waals surface area contributed by atoms with E-state index in [-0.39, 0.29) is 10.9 Å². The van der Waals surface area contributed by atoms with E-state index in [9.17, 15) is 4.79 Å². The van der Waals surface area contributed by atoms with Crippen LogP contribution in [0.3, 0.4) is 0 Å². The third-order valence-corrected chi connectivity index (χ3v) is 2.96. The first-order valence-corrected chi connectivity index (χ1v) is 5.01. The van der Waals surface area contributed by atoms with Crippen molar-refractivity contribution in [1.82, 2.24) is 10.2 Å². The molecule has 82 valence electrons. The number of aromatic nitrogens is 2. The monoisotopic (exact) mass is 226 g/mol. The Morgan fingerprint density at radius 2 is 2.47 bits per heavy atom. The van der Waals surface area contributed by atoms with Crippen molar-refractivity contribution >= 4 is 28.8 Å². The SMILES string of the molecule is CCC(C)(C(=O)Nc1cn[nH]c1)C(N)=S. The summed E-state index contributed by atoms with van der Waals surface area (Å²) in [7, 11) is 0. The summed E-state index contributed by atoms with van der Waals surface area (Å²) >= 11 is 4.89. The number of nitrogens with zero attached hydrogens (tertiary/aromatic N) is 1. The van der Waals surface area contributed by atoms with Gasteiger partial charge in [-0.1, -0.05) is 19.1 Å². The van der Waals surface area contributed by atoms with Crippen molar-refractivity contribution in [3.63, 3.8) is 0 Å². The molecule has 5 nitrogen and oxygen atoms in total. The molecule has 0 aromatic carbocycles. The largest absolute Gasteiger partial charge is 0.392 e. The van der Waals surface area contributed by atoms with Crippen LogP contribution in [0.4, 0.5) is 5.69 Å². The fourth-order valence-corrected chi connectivity index (χ4v) is 1.27. The van der Waals surface area contributed by atoms with E-state index in [2.05, 4.69) is 15.5 Å². The Morgan fingerprint density at radius 1 is 1.80 bits per heavy atom. The van der Waals surface area contributed by atoms with Gasteiger partial charge in [0.2, 0.25) is 5.91 Å². The maximum atomic E-state index is 11.9. The predicted octanol–water partition coefficient (Wildman–Crippen LogP) is 1.05. The van der Waals surface area contributed by atoms with Crippen LogP contribution in [-0.4, -0.2) is 21.1 Å². The molecule has 0 spiro atoms. The third-order valence-electron chi connectivity index (χ3n) is 2.51. The number of thiocarbonyl (C=S) groups is 1. The molecule has 1 unspecified atom stereocenters. The predicted molar refractivity (Wildman–Crippen MR) is 62.4 cm³/mol. The molecule has 1 heterocycles. The summed E-state index contributed by atoms with van der Waals surface area (Å²) < 4.78 is 0. The van der Waals surface area contributed by atoms with Gasteiger partial charge < -0.3 is 11.1 Å². The highest BCUT2D eigenvalue weighted by molar-refractivity contribution is 7.80. The first-order valence-electron chi connectivity index (χ1n) is 4.61. The lowest BCUT2D eigenvalue weighted by atomic mass is 9.86. The number of nitrogens with one attached hydrogen (secondary N) is 2. The molecule has 0 aliphatic rings. The molecule has 6 heteroatoms. The lowest BCUT2D eigenvalue weighted by Gasteiger charge is -2.24. The molecule has 4 N–H and O–H groups in total. The summed E-state index contributed by atoms with van der Waals surface area (Å²) in [5.41, 5.74) is 5.35. The minimum atomic E-state index is -0.813. The third kappa shape index (κ3) is 2.33. The Labute approximate surface area is 93.4 Å². The minimum Gasteiger partial charge on any atom is -0.392 e. The molecule has 0 aliphatic heterocycles. The van der Waals surface area contributed by atoms with Crippen molar-refractivity contribution < 1.29 is 4.79 Å². The second-order valence-electron chi connectivity index (χ2n) is 3.49. The Bertz CT molecular complexity index is 362.